The Labute approximate surface area is 221 Å². The molecule has 1 aliphatic rings. The zero-order valence-corrected chi connectivity index (χ0v) is 22.6. The van der Waals surface area contributed by atoms with E-state index in [4.69, 9.17) is 34.8 Å². The molecule has 7 nitrogen and oxygen atoms in total. The molecule has 11 heteroatoms. The smallest absolute Gasteiger partial charge is 0.243 e. The molecule has 0 spiro atoms. The van der Waals surface area contributed by atoms with Crippen molar-refractivity contribution in [1.29, 1.82) is 0 Å². The van der Waals surface area contributed by atoms with Crippen LogP contribution in [0, 0.1) is 0 Å². The lowest BCUT2D eigenvalue weighted by Crippen LogP contribution is -2.52. The molecule has 1 N–H and O–H groups in total. The third-order valence-corrected chi connectivity index (χ3v) is 8.89. The summed E-state index contributed by atoms with van der Waals surface area (Å²) in [6, 6.07) is 9.90. The predicted molar refractivity (Wildman–Crippen MR) is 138 cm³/mol. The molecule has 1 aliphatic carbocycles. The van der Waals surface area contributed by atoms with E-state index in [1.807, 2.05) is 0 Å². The highest BCUT2D eigenvalue weighted by molar-refractivity contribution is 7.89. The Morgan fingerprint density at radius 1 is 1.03 bits per heavy atom. The maximum absolute atomic E-state index is 13.4. The maximum atomic E-state index is 13.4. The minimum absolute atomic E-state index is 0.0141. The zero-order chi connectivity index (χ0) is 25.8. The van der Waals surface area contributed by atoms with E-state index in [1.165, 1.54) is 36.2 Å². The molecule has 0 bridgehead atoms. The maximum Gasteiger partial charge on any atom is 0.243 e. The largest absolute Gasteiger partial charge is 0.352 e. The van der Waals surface area contributed by atoms with Gasteiger partial charge in [-0.25, -0.2) is 8.42 Å². The molecular formula is C24H28Cl3N3O4S. The lowest BCUT2D eigenvalue weighted by Gasteiger charge is -2.31. The van der Waals surface area contributed by atoms with E-state index in [9.17, 15) is 18.0 Å². The number of halogens is 3. The third-order valence-electron chi connectivity index (χ3n) is 6.09. The molecular weight excluding hydrogens is 533 g/mol. The van der Waals surface area contributed by atoms with Gasteiger partial charge in [-0.2, -0.15) is 4.31 Å². The molecule has 0 unspecified atom stereocenters. The quantitative estimate of drug-likeness (QED) is 0.480. The molecule has 0 heterocycles. The molecule has 190 valence electrons. The van der Waals surface area contributed by atoms with Gasteiger partial charge in [0.05, 0.1) is 21.5 Å². The first kappa shape index (κ1) is 27.7. The number of nitrogens with one attached hydrogen (secondary N) is 1. The number of likely N-dealkylation sites (N-methyl/N-ethyl adjacent to an activating group) is 1. The van der Waals surface area contributed by atoms with Crippen molar-refractivity contribution < 1.29 is 18.0 Å². The van der Waals surface area contributed by atoms with Gasteiger partial charge in [0.1, 0.15) is 6.04 Å². The molecule has 3 rings (SSSR count). The van der Waals surface area contributed by atoms with Crippen LogP contribution in [0.5, 0.6) is 0 Å². The van der Waals surface area contributed by atoms with Crippen molar-refractivity contribution in [2.45, 2.75) is 56.1 Å². The number of benzene rings is 2. The summed E-state index contributed by atoms with van der Waals surface area (Å²) in [4.78, 5) is 27.8. The van der Waals surface area contributed by atoms with Gasteiger partial charge in [0, 0.05) is 24.7 Å². The number of carbonyl (C=O) groups excluding carboxylic acids is 2. The Bertz CT molecular complexity index is 1170. The summed E-state index contributed by atoms with van der Waals surface area (Å²) < 4.78 is 26.9. The first-order chi connectivity index (χ1) is 16.5. The first-order valence-electron chi connectivity index (χ1n) is 11.2. The molecule has 0 aliphatic heterocycles. The summed E-state index contributed by atoms with van der Waals surface area (Å²) in [5.74, 6) is -0.807. The number of amides is 2. The van der Waals surface area contributed by atoms with E-state index in [1.54, 1.807) is 25.1 Å². The first-order valence-corrected chi connectivity index (χ1v) is 13.8. The van der Waals surface area contributed by atoms with Crippen LogP contribution in [-0.4, -0.2) is 55.1 Å². The molecule has 0 saturated heterocycles. The van der Waals surface area contributed by atoms with E-state index in [0.717, 1.165) is 30.0 Å². The summed E-state index contributed by atoms with van der Waals surface area (Å²) in [6.07, 6.45) is 3.92. The molecule has 2 aromatic carbocycles. The third kappa shape index (κ3) is 7.11. The van der Waals surface area contributed by atoms with Crippen LogP contribution in [0.25, 0.3) is 0 Å². The highest BCUT2D eigenvalue weighted by atomic mass is 35.5. The van der Waals surface area contributed by atoms with Crippen LogP contribution in [0.4, 0.5) is 0 Å². The second kappa shape index (κ2) is 11.9. The Hall–Kier alpha value is -1.84. The minimum Gasteiger partial charge on any atom is -0.352 e. The molecule has 2 aromatic rings. The number of hydrogen-bond acceptors (Lipinski definition) is 4. The van der Waals surface area contributed by atoms with E-state index in [2.05, 4.69) is 5.32 Å². The predicted octanol–water partition coefficient (Wildman–Crippen LogP) is 4.74. The van der Waals surface area contributed by atoms with Crippen LogP contribution in [0.2, 0.25) is 15.1 Å². The van der Waals surface area contributed by atoms with E-state index >= 15 is 0 Å². The highest BCUT2D eigenvalue weighted by Gasteiger charge is 2.31. The lowest BCUT2D eigenvalue weighted by molar-refractivity contribution is -0.140. The summed E-state index contributed by atoms with van der Waals surface area (Å²) in [5, 5.41) is 4.10. The number of sulfonamides is 1. The molecule has 1 fully saturated rings. The molecule has 35 heavy (non-hydrogen) atoms. The normalized spacial score (nSPS) is 15.3. The van der Waals surface area contributed by atoms with Crippen LogP contribution in [-0.2, 0) is 26.2 Å². The zero-order valence-electron chi connectivity index (χ0n) is 19.5. The van der Waals surface area contributed by atoms with Gasteiger partial charge in [-0.05, 0) is 61.7 Å². The Morgan fingerprint density at radius 3 is 2.26 bits per heavy atom. The fraction of sp³-hybridized carbons (Fsp3) is 0.417. The van der Waals surface area contributed by atoms with Crippen LogP contribution in [0.3, 0.4) is 0 Å². The number of nitrogens with zero attached hydrogens (tertiary/aromatic N) is 2. The van der Waals surface area contributed by atoms with Crippen LogP contribution >= 0.6 is 34.8 Å². The van der Waals surface area contributed by atoms with Gasteiger partial charge < -0.3 is 10.2 Å². The summed E-state index contributed by atoms with van der Waals surface area (Å²) >= 11 is 18.0. The molecule has 1 atom stereocenters. The lowest BCUT2D eigenvalue weighted by atomic mass is 10.1. The monoisotopic (exact) mass is 559 g/mol. The van der Waals surface area contributed by atoms with Gasteiger partial charge in [-0.3, -0.25) is 9.59 Å². The van der Waals surface area contributed by atoms with Gasteiger partial charge in [0.15, 0.2) is 0 Å². The van der Waals surface area contributed by atoms with Crippen molar-refractivity contribution in [3.63, 3.8) is 0 Å². The van der Waals surface area contributed by atoms with Crippen molar-refractivity contribution in [1.82, 2.24) is 14.5 Å². The number of rotatable bonds is 9. The SMILES string of the molecule is C[C@@H](C(=O)NC1CCCC1)N(Cc1ccc(Cl)c(Cl)c1)C(=O)CN(C)S(=O)(=O)c1ccc(Cl)cc1. The average molecular weight is 561 g/mol. The van der Waals surface area contributed by atoms with E-state index in [0.29, 0.717) is 20.6 Å². The van der Waals surface area contributed by atoms with Crippen LogP contribution < -0.4 is 5.32 Å². The highest BCUT2D eigenvalue weighted by Crippen LogP contribution is 2.24. The van der Waals surface area contributed by atoms with Gasteiger partial charge in [0.25, 0.3) is 0 Å². The molecule has 0 aromatic heterocycles. The van der Waals surface area contributed by atoms with E-state index < -0.39 is 28.5 Å². The second-order valence-corrected chi connectivity index (χ2v) is 11.9. The van der Waals surface area contributed by atoms with Gasteiger partial charge in [0.2, 0.25) is 21.8 Å². The summed E-state index contributed by atoms with van der Waals surface area (Å²) in [7, 11) is -2.62. The van der Waals surface area contributed by atoms with Crippen molar-refractivity contribution in [3.8, 4) is 0 Å². The minimum atomic E-state index is -3.95. The fourth-order valence-electron chi connectivity index (χ4n) is 3.96. The fourth-order valence-corrected chi connectivity index (χ4v) is 5.53. The average Bonchev–Trinajstić information content (AvgIpc) is 3.32. The Balaban J connectivity index is 1.81. The topological polar surface area (TPSA) is 86.8 Å². The summed E-state index contributed by atoms with van der Waals surface area (Å²) in [6.45, 7) is 1.24. The molecule has 1 saturated carbocycles. The summed E-state index contributed by atoms with van der Waals surface area (Å²) in [5.41, 5.74) is 0.663. The second-order valence-electron chi connectivity index (χ2n) is 8.65. The Kier molecular flexibility index (Phi) is 9.46. The van der Waals surface area contributed by atoms with Crippen molar-refractivity contribution in [3.05, 3.63) is 63.1 Å². The molecule has 0 radical (unpaired) electrons. The van der Waals surface area contributed by atoms with Crippen LogP contribution in [0.1, 0.15) is 38.2 Å². The number of hydrogen-bond donors (Lipinski definition) is 1. The molecule has 2 amide bonds. The van der Waals surface area contributed by atoms with Crippen molar-refractivity contribution in [2.75, 3.05) is 13.6 Å². The van der Waals surface area contributed by atoms with Crippen molar-refractivity contribution in [2.24, 2.45) is 0 Å². The number of carbonyl (C=O) groups is 2. The Morgan fingerprint density at radius 2 is 1.66 bits per heavy atom. The van der Waals surface area contributed by atoms with E-state index in [-0.39, 0.29) is 23.4 Å². The standard InChI is InChI=1S/C24H28Cl3N3O4S/c1-16(24(32)28-19-5-3-4-6-19)30(14-17-7-12-21(26)22(27)13-17)23(31)15-29(2)35(33,34)20-10-8-18(25)9-11-20/h7-13,16,19H,3-6,14-15H2,1-2H3,(H,28,32)/t16-/m0/s1. The van der Waals surface area contributed by atoms with Crippen LogP contribution in [0.15, 0.2) is 47.4 Å². The van der Waals surface area contributed by atoms with Gasteiger partial charge in [-0.15, -0.1) is 0 Å². The van der Waals surface area contributed by atoms with Gasteiger partial charge >= 0.3 is 0 Å². The van der Waals surface area contributed by atoms with Crippen molar-refractivity contribution >= 4 is 56.6 Å². The van der Waals surface area contributed by atoms with Gasteiger partial charge in [-0.1, -0.05) is 53.7 Å².